The molecule has 1 aliphatic rings. The molecule has 0 unspecified atom stereocenters. The van der Waals surface area contributed by atoms with Gasteiger partial charge in [0.15, 0.2) is 0 Å². The number of hydrogen-bond donors (Lipinski definition) is 1. The summed E-state index contributed by atoms with van der Waals surface area (Å²) in [7, 11) is 0. The molecular weight excluding hydrogens is 298 g/mol. The van der Waals surface area contributed by atoms with Crippen LogP contribution in [-0.4, -0.2) is 43.2 Å². The molecule has 18 heavy (non-hydrogen) atoms. The Morgan fingerprint density at radius 1 is 1.67 bits per heavy atom. The van der Waals surface area contributed by atoms with Gasteiger partial charge in [-0.2, -0.15) is 0 Å². The van der Waals surface area contributed by atoms with Gasteiger partial charge in [-0.05, 0) is 28.1 Å². The highest BCUT2D eigenvalue weighted by molar-refractivity contribution is 9.10. The van der Waals surface area contributed by atoms with Gasteiger partial charge in [0, 0.05) is 37.2 Å². The van der Waals surface area contributed by atoms with Crippen LogP contribution in [0.4, 0.5) is 5.82 Å². The second-order valence-electron chi connectivity index (χ2n) is 4.21. The Kier molecular flexibility index (Phi) is 4.54. The summed E-state index contributed by atoms with van der Waals surface area (Å²) in [6.45, 7) is 4.28. The van der Waals surface area contributed by atoms with E-state index < -0.39 is 0 Å². The minimum atomic E-state index is -0.0301. The van der Waals surface area contributed by atoms with Crippen molar-refractivity contribution >= 4 is 27.7 Å². The molecule has 1 fully saturated rings. The zero-order valence-corrected chi connectivity index (χ0v) is 11.8. The molecule has 0 saturated carbocycles. The molecule has 1 N–H and O–H groups in total. The van der Waals surface area contributed by atoms with E-state index in [-0.39, 0.29) is 12.0 Å². The van der Waals surface area contributed by atoms with Crippen molar-refractivity contribution < 1.29 is 9.53 Å². The van der Waals surface area contributed by atoms with Crippen molar-refractivity contribution in [2.75, 3.05) is 31.1 Å². The van der Waals surface area contributed by atoms with Crippen molar-refractivity contribution in [2.24, 2.45) is 0 Å². The highest BCUT2D eigenvalue weighted by Gasteiger charge is 2.21. The van der Waals surface area contributed by atoms with Crippen LogP contribution in [0.2, 0.25) is 0 Å². The molecule has 6 heteroatoms. The molecule has 1 aromatic heterocycles. The van der Waals surface area contributed by atoms with Crippen LogP contribution in [0.3, 0.4) is 0 Å². The number of hydrogen-bond acceptors (Lipinski definition) is 4. The summed E-state index contributed by atoms with van der Waals surface area (Å²) in [5.41, 5.74) is 0. The minimum Gasteiger partial charge on any atom is -0.373 e. The lowest BCUT2D eigenvalue weighted by atomic mass is 10.2. The maximum Gasteiger partial charge on any atom is 0.216 e. The maximum absolute atomic E-state index is 10.9. The van der Waals surface area contributed by atoms with Crippen LogP contribution in [0, 0.1) is 0 Å². The Morgan fingerprint density at radius 3 is 3.17 bits per heavy atom. The largest absolute Gasteiger partial charge is 0.373 e. The first-order valence-corrected chi connectivity index (χ1v) is 6.67. The fourth-order valence-corrected chi connectivity index (χ4v) is 2.10. The first-order chi connectivity index (χ1) is 8.65. The van der Waals surface area contributed by atoms with Gasteiger partial charge in [0.1, 0.15) is 5.82 Å². The third-order valence-corrected chi connectivity index (χ3v) is 3.22. The highest BCUT2D eigenvalue weighted by Crippen LogP contribution is 2.17. The number of aromatic nitrogens is 1. The van der Waals surface area contributed by atoms with Crippen molar-refractivity contribution in [3.05, 3.63) is 22.8 Å². The lowest BCUT2D eigenvalue weighted by Gasteiger charge is -2.33. The quantitative estimate of drug-likeness (QED) is 0.910. The van der Waals surface area contributed by atoms with E-state index in [2.05, 4.69) is 31.1 Å². The summed E-state index contributed by atoms with van der Waals surface area (Å²) in [4.78, 5) is 17.4. The van der Waals surface area contributed by atoms with E-state index in [0.29, 0.717) is 13.2 Å². The Hall–Kier alpha value is -1.14. The normalized spacial score (nSPS) is 19.7. The SMILES string of the molecule is CC(=O)NC[C@@H]1CN(c2ccc(Br)cn2)CCO1. The van der Waals surface area contributed by atoms with Crippen LogP contribution < -0.4 is 10.2 Å². The Balaban J connectivity index is 1.93. The summed E-state index contributed by atoms with van der Waals surface area (Å²) in [6.07, 6.45) is 1.81. The van der Waals surface area contributed by atoms with E-state index in [9.17, 15) is 4.79 Å². The molecule has 1 aliphatic heterocycles. The summed E-state index contributed by atoms with van der Waals surface area (Å²) < 4.78 is 6.58. The number of morpholine rings is 1. The third-order valence-electron chi connectivity index (χ3n) is 2.75. The van der Waals surface area contributed by atoms with Crippen LogP contribution in [0.5, 0.6) is 0 Å². The van der Waals surface area contributed by atoms with Crippen LogP contribution in [0.15, 0.2) is 22.8 Å². The van der Waals surface area contributed by atoms with E-state index in [1.54, 1.807) is 6.20 Å². The average molecular weight is 314 g/mol. The molecule has 0 spiro atoms. The molecule has 0 bridgehead atoms. The number of nitrogens with zero attached hydrogens (tertiary/aromatic N) is 2. The predicted octanol–water partition coefficient (Wildman–Crippen LogP) is 1.19. The van der Waals surface area contributed by atoms with Gasteiger partial charge in [-0.15, -0.1) is 0 Å². The smallest absolute Gasteiger partial charge is 0.216 e. The summed E-state index contributed by atoms with van der Waals surface area (Å²) >= 11 is 3.37. The van der Waals surface area contributed by atoms with Crippen LogP contribution in [0.1, 0.15) is 6.92 Å². The third kappa shape index (κ3) is 3.68. The Bertz CT molecular complexity index is 410. The van der Waals surface area contributed by atoms with Gasteiger partial charge in [-0.3, -0.25) is 4.79 Å². The second-order valence-corrected chi connectivity index (χ2v) is 5.13. The predicted molar refractivity (Wildman–Crippen MR) is 72.6 cm³/mol. The topological polar surface area (TPSA) is 54.5 Å². The molecule has 98 valence electrons. The summed E-state index contributed by atoms with van der Waals surface area (Å²) in [5, 5.41) is 2.78. The number of rotatable bonds is 3. The van der Waals surface area contributed by atoms with Gasteiger partial charge in [-0.1, -0.05) is 0 Å². The van der Waals surface area contributed by atoms with Crippen molar-refractivity contribution in [3.8, 4) is 0 Å². The minimum absolute atomic E-state index is 0.0214. The van der Waals surface area contributed by atoms with Crippen molar-refractivity contribution in [1.82, 2.24) is 10.3 Å². The van der Waals surface area contributed by atoms with Gasteiger partial charge < -0.3 is 15.0 Å². The number of carbonyl (C=O) groups excluding carboxylic acids is 1. The second kappa shape index (κ2) is 6.15. The van der Waals surface area contributed by atoms with E-state index in [1.165, 1.54) is 6.92 Å². The number of carbonyl (C=O) groups is 1. The Labute approximate surface area is 115 Å². The first kappa shape index (κ1) is 13.3. The first-order valence-electron chi connectivity index (χ1n) is 5.87. The molecule has 2 heterocycles. The molecular formula is C12H16BrN3O2. The molecule has 1 atom stereocenters. The highest BCUT2D eigenvalue weighted by atomic mass is 79.9. The molecule has 1 saturated heterocycles. The lowest BCUT2D eigenvalue weighted by Crippen LogP contribution is -2.47. The molecule has 1 amide bonds. The average Bonchev–Trinajstić information content (AvgIpc) is 2.37. The van der Waals surface area contributed by atoms with E-state index in [1.807, 2.05) is 12.1 Å². The van der Waals surface area contributed by atoms with Gasteiger partial charge >= 0.3 is 0 Å². The fraction of sp³-hybridized carbons (Fsp3) is 0.500. The molecule has 2 rings (SSSR count). The summed E-state index contributed by atoms with van der Waals surface area (Å²) in [6, 6.07) is 3.95. The van der Waals surface area contributed by atoms with Crippen LogP contribution >= 0.6 is 15.9 Å². The molecule has 5 nitrogen and oxygen atoms in total. The number of ether oxygens (including phenoxy) is 1. The zero-order valence-electron chi connectivity index (χ0n) is 10.2. The molecule has 0 aliphatic carbocycles. The van der Waals surface area contributed by atoms with Gasteiger partial charge in [-0.25, -0.2) is 4.98 Å². The summed E-state index contributed by atoms with van der Waals surface area (Å²) in [5.74, 6) is 0.909. The zero-order chi connectivity index (χ0) is 13.0. The number of amides is 1. The van der Waals surface area contributed by atoms with Crippen LogP contribution in [-0.2, 0) is 9.53 Å². The van der Waals surface area contributed by atoms with E-state index in [0.717, 1.165) is 23.4 Å². The standard InChI is InChI=1S/C12H16BrN3O2/c1-9(17)14-7-11-8-16(4-5-18-11)12-3-2-10(13)6-15-12/h2-3,6,11H,4-5,7-8H2,1H3,(H,14,17)/t11-/m1/s1. The number of pyridine rings is 1. The van der Waals surface area contributed by atoms with Gasteiger partial charge in [0.05, 0.1) is 12.7 Å². The van der Waals surface area contributed by atoms with E-state index in [4.69, 9.17) is 4.74 Å². The number of halogens is 1. The van der Waals surface area contributed by atoms with Crippen molar-refractivity contribution in [3.63, 3.8) is 0 Å². The van der Waals surface area contributed by atoms with Gasteiger partial charge in [0.25, 0.3) is 0 Å². The molecule has 0 aromatic carbocycles. The number of nitrogens with one attached hydrogen (secondary N) is 1. The lowest BCUT2D eigenvalue weighted by molar-refractivity contribution is -0.119. The van der Waals surface area contributed by atoms with Gasteiger partial charge in [0.2, 0.25) is 5.91 Å². The van der Waals surface area contributed by atoms with Crippen LogP contribution in [0.25, 0.3) is 0 Å². The maximum atomic E-state index is 10.9. The van der Waals surface area contributed by atoms with Crippen molar-refractivity contribution in [2.45, 2.75) is 13.0 Å². The van der Waals surface area contributed by atoms with E-state index >= 15 is 0 Å². The van der Waals surface area contributed by atoms with Crippen molar-refractivity contribution in [1.29, 1.82) is 0 Å². The molecule has 1 aromatic rings. The Morgan fingerprint density at radius 2 is 2.50 bits per heavy atom. The monoisotopic (exact) mass is 313 g/mol. The molecule has 0 radical (unpaired) electrons. The number of anilines is 1. The fourth-order valence-electron chi connectivity index (χ4n) is 1.86.